The van der Waals surface area contributed by atoms with Crippen LogP contribution in [0.2, 0.25) is 18.1 Å². The molecular formula is C54H76N2O13Si. The predicted molar refractivity (Wildman–Crippen MR) is 262 cm³/mol. The third-order valence-electron chi connectivity index (χ3n) is 16.8. The van der Waals surface area contributed by atoms with Gasteiger partial charge in [-0.1, -0.05) is 90.1 Å². The third kappa shape index (κ3) is 9.39. The highest BCUT2D eigenvalue weighted by molar-refractivity contribution is 6.74. The Kier molecular flexibility index (Phi) is 13.9. The minimum absolute atomic E-state index is 0.000973. The van der Waals surface area contributed by atoms with Crippen LogP contribution in [0.15, 0.2) is 71.8 Å². The van der Waals surface area contributed by atoms with Crippen LogP contribution in [0.4, 0.5) is 4.79 Å². The number of aliphatic hydroxyl groups is 1. The van der Waals surface area contributed by atoms with Gasteiger partial charge in [0.25, 0.3) is 0 Å². The molecule has 3 aliphatic carbocycles. The lowest BCUT2D eigenvalue weighted by molar-refractivity contribution is -0.345. The van der Waals surface area contributed by atoms with Crippen LogP contribution in [0, 0.1) is 16.7 Å². The predicted octanol–water partition coefficient (Wildman–Crippen LogP) is 8.20. The molecule has 6 aliphatic rings. The standard InChI is InChI=1S/C54H76N2O13Si/c1-32-36(63-47(59)42(69-70(12,13)50(6,7)8)40(34-21-16-14-17-22-34)55-48(60)68-49(3,4)5)29-54(61)45(66-46(58)35-23-18-15-19-24-35)43-52(11,26-25-37-53(43,31-62-37)67-33(2)57)44-41(39(32)51(54,9)10)64-38(65-44)30-56-27-20-28-56/h14-19,21-24,36-38,40-45,61H,20,25-31H2,1-13H3,(H,55,60)/t36-,37+,38+,40-,41+,42+,43-,44+,45-,52+,53-,54+/m0/s1. The van der Waals surface area contributed by atoms with Crippen LogP contribution in [-0.2, 0) is 47.2 Å². The van der Waals surface area contributed by atoms with Crippen LogP contribution in [0.1, 0.15) is 124 Å². The van der Waals surface area contributed by atoms with Gasteiger partial charge in [0.1, 0.15) is 35.6 Å². The van der Waals surface area contributed by atoms with E-state index in [0.29, 0.717) is 36.1 Å². The van der Waals surface area contributed by atoms with Gasteiger partial charge in [-0.15, -0.1) is 0 Å². The van der Waals surface area contributed by atoms with Crippen molar-refractivity contribution in [1.82, 2.24) is 10.2 Å². The van der Waals surface area contributed by atoms with Gasteiger partial charge in [-0.25, -0.2) is 14.4 Å². The van der Waals surface area contributed by atoms with Crippen molar-refractivity contribution in [2.24, 2.45) is 16.7 Å². The quantitative estimate of drug-likeness (QED) is 0.0900. The lowest BCUT2D eigenvalue weighted by atomic mass is 9.45. The number of carbonyl (C=O) groups is 4. The monoisotopic (exact) mass is 989 g/mol. The number of alkyl carbamates (subject to hydrolysis) is 1. The van der Waals surface area contributed by atoms with E-state index in [1.807, 2.05) is 64.2 Å². The van der Waals surface area contributed by atoms with Crippen LogP contribution in [0.3, 0.4) is 0 Å². The first-order valence-electron chi connectivity index (χ1n) is 25.1. The number of fused-ring (bicyclic) bond motifs is 8. The molecule has 2 aromatic rings. The summed E-state index contributed by atoms with van der Waals surface area (Å²) in [5.41, 5.74) is -4.24. The zero-order chi connectivity index (χ0) is 51.0. The fourth-order valence-electron chi connectivity index (χ4n) is 11.9. The summed E-state index contributed by atoms with van der Waals surface area (Å²) in [6.45, 7) is 27.0. The molecule has 2 N–H and O–H groups in total. The topological polar surface area (TPSA) is 178 Å². The Morgan fingerprint density at radius 2 is 1.57 bits per heavy atom. The maximum Gasteiger partial charge on any atom is 0.408 e. The van der Waals surface area contributed by atoms with E-state index in [-0.39, 0.29) is 23.6 Å². The van der Waals surface area contributed by atoms with E-state index in [9.17, 15) is 19.5 Å². The van der Waals surface area contributed by atoms with Gasteiger partial charge in [-0.2, -0.15) is 0 Å². The van der Waals surface area contributed by atoms with Crippen LogP contribution in [-0.4, -0.2) is 128 Å². The zero-order valence-electron chi connectivity index (χ0n) is 43.4. The molecule has 384 valence electrons. The van der Waals surface area contributed by atoms with E-state index in [2.05, 4.69) is 37.9 Å². The molecule has 2 saturated carbocycles. The molecule has 0 radical (unpaired) electrons. The molecular weight excluding hydrogens is 913 g/mol. The highest BCUT2D eigenvalue weighted by atomic mass is 28.4. The average molecular weight is 989 g/mol. The summed E-state index contributed by atoms with van der Waals surface area (Å²) in [5, 5.41) is 16.9. The second kappa shape index (κ2) is 18.7. The van der Waals surface area contributed by atoms with Gasteiger partial charge in [0, 0.05) is 30.7 Å². The normalized spacial score (nSPS) is 33.5. The Bertz CT molecular complexity index is 2330. The molecule has 2 bridgehead atoms. The molecule has 70 heavy (non-hydrogen) atoms. The van der Waals surface area contributed by atoms with Crippen LogP contribution >= 0.6 is 0 Å². The Labute approximate surface area is 414 Å². The number of rotatable bonds is 12. The lowest BCUT2D eigenvalue weighted by Gasteiger charge is -2.68. The Balaban J connectivity index is 1.30. The van der Waals surface area contributed by atoms with Crippen molar-refractivity contribution in [1.29, 1.82) is 0 Å². The minimum atomic E-state index is -2.84. The molecule has 5 fully saturated rings. The number of amides is 1. The first-order chi connectivity index (χ1) is 32.6. The second-order valence-corrected chi connectivity index (χ2v) is 28.6. The van der Waals surface area contributed by atoms with Gasteiger partial charge >= 0.3 is 24.0 Å². The molecule has 1 amide bonds. The highest BCUT2D eigenvalue weighted by Gasteiger charge is 2.77. The summed E-state index contributed by atoms with van der Waals surface area (Å²) < 4.78 is 53.4. The SMILES string of the molecule is CC(=O)O[C@@]12CO[C@@H]1CC[C@@]1(C)[C@@H]3O[C@H](CN4CCC4)O[C@@H]3C3=C(C)[C@@H](OC(=O)[C@H](O[Si](C)(C)C(C)(C)C)[C@@H](NC(=O)OC(C)(C)C)c4ccccc4)C[C@@](O)([C@@H](OC(=O)c4ccccc4)[C@@H]12)C3(C)C. The van der Waals surface area contributed by atoms with Crippen molar-refractivity contribution in [3.8, 4) is 0 Å². The number of likely N-dealkylation sites (tertiary alicyclic amines) is 1. The molecule has 0 spiro atoms. The first-order valence-corrected chi connectivity index (χ1v) is 28.0. The number of ether oxygens (including phenoxy) is 7. The molecule has 3 heterocycles. The van der Waals surface area contributed by atoms with Crippen molar-refractivity contribution in [2.75, 3.05) is 26.2 Å². The maximum absolute atomic E-state index is 15.6. The Morgan fingerprint density at radius 3 is 2.13 bits per heavy atom. The van der Waals surface area contributed by atoms with Crippen LogP contribution < -0.4 is 5.32 Å². The summed E-state index contributed by atoms with van der Waals surface area (Å²) in [7, 11) is -2.84. The molecule has 2 aromatic carbocycles. The number of nitrogens with one attached hydrogen (secondary N) is 1. The van der Waals surface area contributed by atoms with E-state index in [1.54, 1.807) is 51.1 Å². The third-order valence-corrected chi connectivity index (χ3v) is 21.2. The number of nitrogens with zero attached hydrogens (tertiary/aromatic N) is 1. The summed E-state index contributed by atoms with van der Waals surface area (Å²) in [6, 6.07) is 16.6. The smallest absolute Gasteiger partial charge is 0.408 e. The van der Waals surface area contributed by atoms with Gasteiger partial charge in [0.05, 0.1) is 30.2 Å². The van der Waals surface area contributed by atoms with Crippen molar-refractivity contribution in [3.05, 3.63) is 82.9 Å². The van der Waals surface area contributed by atoms with Crippen molar-refractivity contribution in [2.45, 2.75) is 186 Å². The first kappa shape index (κ1) is 52.2. The fourth-order valence-corrected chi connectivity index (χ4v) is 13.1. The number of esters is 3. The van der Waals surface area contributed by atoms with E-state index in [0.717, 1.165) is 19.5 Å². The molecule has 16 heteroatoms. The summed E-state index contributed by atoms with van der Waals surface area (Å²) in [6.07, 6.45) is -5.54. The number of hydrogen-bond acceptors (Lipinski definition) is 14. The van der Waals surface area contributed by atoms with E-state index in [1.165, 1.54) is 6.92 Å². The average Bonchev–Trinajstić information content (AvgIpc) is 3.66. The van der Waals surface area contributed by atoms with Gasteiger partial charge in [-0.3, -0.25) is 9.69 Å². The molecule has 0 unspecified atom stereocenters. The molecule has 8 rings (SSSR count). The van der Waals surface area contributed by atoms with E-state index in [4.69, 9.17) is 37.6 Å². The Hall–Kier alpha value is -4.16. The molecule has 3 aliphatic heterocycles. The van der Waals surface area contributed by atoms with Crippen molar-refractivity contribution < 1.29 is 61.9 Å². The molecule has 15 nitrogen and oxygen atoms in total. The zero-order valence-corrected chi connectivity index (χ0v) is 44.4. The fraction of sp³-hybridized carbons (Fsp3) is 0.667. The number of carbonyl (C=O) groups excluding carboxylic acids is 4. The van der Waals surface area contributed by atoms with Crippen LogP contribution in [0.25, 0.3) is 0 Å². The van der Waals surface area contributed by atoms with E-state index < -0.39 is 115 Å². The largest absolute Gasteiger partial charge is 0.456 e. The lowest BCUT2D eigenvalue weighted by Crippen LogP contribution is -2.79. The molecule has 3 saturated heterocycles. The van der Waals surface area contributed by atoms with Gasteiger partial charge in [0.15, 0.2) is 26.3 Å². The van der Waals surface area contributed by atoms with Gasteiger partial charge in [-0.05, 0) is 107 Å². The number of hydrogen-bond donors (Lipinski definition) is 2. The minimum Gasteiger partial charge on any atom is -0.456 e. The van der Waals surface area contributed by atoms with Gasteiger partial charge < -0.3 is 48.0 Å². The summed E-state index contributed by atoms with van der Waals surface area (Å²) >= 11 is 0. The molecule has 12 atom stereocenters. The summed E-state index contributed by atoms with van der Waals surface area (Å²) in [5.74, 6) is -2.91. The van der Waals surface area contributed by atoms with Crippen molar-refractivity contribution >= 4 is 32.3 Å². The second-order valence-electron chi connectivity index (χ2n) is 23.9. The number of benzene rings is 2. The van der Waals surface area contributed by atoms with E-state index >= 15 is 4.79 Å². The highest BCUT2D eigenvalue weighted by Crippen LogP contribution is 2.67. The van der Waals surface area contributed by atoms with Crippen LogP contribution in [0.5, 0.6) is 0 Å². The maximum atomic E-state index is 15.6. The summed E-state index contributed by atoms with van der Waals surface area (Å²) in [4.78, 5) is 59.7. The van der Waals surface area contributed by atoms with Gasteiger partial charge in [0.2, 0.25) is 0 Å². The van der Waals surface area contributed by atoms with Crippen molar-refractivity contribution in [3.63, 3.8) is 0 Å². The molecule has 0 aromatic heterocycles. The Morgan fingerprint density at radius 1 is 0.929 bits per heavy atom.